The van der Waals surface area contributed by atoms with E-state index in [1.54, 1.807) is 6.20 Å². The number of imidazole rings is 1. The number of nitrogens with zero attached hydrogens (tertiary/aromatic N) is 5. The fraction of sp³-hybridized carbons (Fsp3) is 0.158. The van der Waals surface area contributed by atoms with E-state index in [1.807, 2.05) is 53.6 Å². The zero-order valence-corrected chi connectivity index (χ0v) is 14.5. The van der Waals surface area contributed by atoms with Crippen molar-refractivity contribution in [3.63, 3.8) is 0 Å². The van der Waals surface area contributed by atoms with Crippen molar-refractivity contribution >= 4 is 0 Å². The van der Waals surface area contributed by atoms with Gasteiger partial charge >= 0.3 is 0 Å². The Morgan fingerprint density at radius 1 is 1.12 bits per heavy atom. The van der Waals surface area contributed by atoms with E-state index >= 15 is 0 Å². The molecule has 3 heterocycles. The minimum Gasteiger partial charge on any atom is -0.325 e. The standard InChI is InChI=1S/C19H18N6O/c1-13-8-14(2)25(23-13)17-5-3-4-15(9-17)19-20-6-7-24(19)11-16-10-18(26)22-12-21-16/h3-10,12H,11H2,1-2H3,(H,21,22,26). The van der Waals surface area contributed by atoms with Gasteiger partial charge in [-0.25, -0.2) is 14.6 Å². The Morgan fingerprint density at radius 2 is 2.00 bits per heavy atom. The molecular weight excluding hydrogens is 328 g/mol. The SMILES string of the molecule is Cc1cc(C)n(-c2cccc(-c3nccn3Cc3cc(=O)[nH]cn3)c2)n1. The summed E-state index contributed by atoms with van der Waals surface area (Å²) in [5.41, 5.74) is 4.54. The van der Waals surface area contributed by atoms with Crippen LogP contribution in [0.3, 0.4) is 0 Å². The fourth-order valence-corrected chi connectivity index (χ4v) is 3.03. The van der Waals surface area contributed by atoms with Crippen LogP contribution in [0.5, 0.6) is 0 Å². The molecule has 130 valence electrons. The van der Waals surface area contributed by atoms with Gasteiger partial charge in [0.25, 0.3) is 5.56 Å². The van der Waals surface area contributed by atoms with Crippen molar-refractivity contribution in [2.75, 3.05) is 0 Å². The molecule has 1 aromatic carbocycles. The van der Waals surface area contributed by atoms with Crippen LogP contribution in [0.15, 0.2) is 59.9 Å². The van der Waals surface area contributed by atoms with Gasteiger partial charge in [0.1, 0.15) is 5.82 Å². The summed E-state index contributed by atoms with van der Waals surface area (Å²) in [4.78, 5) is 22.7. The maximum atomic E-state index is 11.5. The zero-order chi connectivity index (χ0) is 18.1. The van der Waals surface area contributed by atoms with E-state index in [9.17, 15) is 4.79 Å². The average molecular weight is 346 g/mol. The second-order valence-electron chi connectivity index (χ2n) is 6.17. The quantitative estimate of drug-likeness (QED) is 0.615. The normalized spacial score (nSPS) is 11.0. The van der Waals surface area contributed by atoms with Crippen molar-refractivity contribution in [1.82, 2.24) is 29.3 Å². The molecule has 4 aromatic rings. The van der Waals surface area contributed by atoms with E-state index in [4.69, 9.17) is 0 Å². The molecule has 0 amide bonds. The molecule has 0 unspecified atom stereocenters. The first kappa shape index (κ1) is 16.0. The minimum absolute atomic E-state index is 0.164. The molecule has 26 heavy (non-hydrogen) atoms. The fourth-order valence-electron chi connectivity index (χ4n) is 3.03. The van der Waals surface area contributed by atoms with Crippen LogP contribution in [-0.2, 0) is 6.54 Å². The summed E-state index contributed by atoms with van der Waals surface area (Å²) in [6, 6.07) is 11.6. The lowest BCUT2D eigenvalue weighted by atomic mass is 10.2. The van der Waals surface area contributed by atoms with Crippen LogP contribution in [0.2, 0.25) is 0 Å². The van der Waals surface area contributed by atoms with E-state index < -0.39 is 0 Å². The summed E-state index contributed by atoms with van der Waals surface area (Å²) in [5.74, 6) is 0.815. The van der Waals surface area contributed by atoms with Crippen LogP contribution in [0.1, 0.15) is 17.1 Å². The van der Waals surface area contributed by atoms with Gasteiger partial charge in [-0.3, -0.25) is 4.79 Å². The Labute approximate surface area is 150 Å². The van der Waals surface area contributed by atoms with Crippen LogP contribution in [-0.4, -0.2) is 29.3 Å². The molecule has 0 aliphatic rings. The maximum absolute atomic E-state index is 11.5. The van der Waals surface area contributed by atoms with Crippen LogP contribution in [0.25, 0.3) is 17.1 Å². The minimum atomic E-state index is -0.164. The number of hydrogen-bond donors (Lipinski definition) is 1. The first-order valence-electron chi connectivity index (χ1n) is 8.29. The first-order valence-corrected chi connectivity index (χ1v) is 8.29. The summed E-state index contributed by atoms with van der Waals surface area (Å²) in [7, 11) is 0. The van der Waals surface area contributed by atoms with E-state index in [0.29, 0.717) is 12.2 Å². The van der Waals surface area contributed by atoms with Crippen molar-refractivity contribution in [3.05, 3.63) is 82.6 Å². The molecule has 0 aliphatic heterocycles. The summed E-state index contributed by atoms with van der Waals surface area (Å²) in [6.07, 6.45) is 5.05. The van der Waals surface area contributed by atoms with Crippen LogP contribution in [0, 0.1) is 13.8 Å². The van der Waals surface area contributed by atoms with Gasteiger partial charge in [0.2, 0.25) is 0 Å². The number of rotatable bonds is 4. The zero-order valence-electron chi connectivity index (χ0n) is 14.5. The molecule has 1 N–H and O–H groups in total. The van der Waals surface area contributed by atoms with Gasteiger partial charge in [-0.05, 0) is 32.0 Å². The highest BCUT2D eigenvalue weighted by Crippen LogP contribution is 2.22. The smallest absolute Gasteiger partial charge is 0.250 e. The largest absolute Gasteiger partial charge is 0.325 e. The Morgan fingerprint density at radius 3 is 2.77 bits per heavy atom. The van der Waals surface area contributed by atoms with Crippen LogP contribution >= 0.6 is 0 Å². The molecule has 0 spiro atoms. The van der Waals surface area contributed by atoms with E-state index in [0.717, 1.165) is 28.5 Å². The Kier molecular flexibility index (Phi) is 3.96. The van der Waals surface area contributed by atoms with Crippen molar-refractivity contribution in [2.24, 2.45) is 0 Å². The van der Waals surface area contributed by atoms with Crippen molar-refractivity contribution in [3.8, 4) is 17.1 Å². The molecule has 0 bridgehead atoms. The van der Waals surface area contributed by atoms with Gasteiger partial charge in [0.05, 0.1) is 29.9 Å². The number of aryl methyl sites for hydroxylation is 2. The Bertz CT molecular complexity index is 1120. The Balaban J connectivity index is 1.71. The molecule has 0 saturated heterocycles. The molecule has 0 radical (unpaired) electrons. The van der Waals surface area contributed by atoms with Crippen molar-refractivity contribution < 1.29 is 0 Å². The maximum Gasteiger partial charge on any atom is 0.250 e. The average Bonchev–Trinajstić information content (AvgIpc) is 3.21. The number of nitrogens with one attached hydrogen (secondary N) is 1. The third-order valence-electron chi connectivity index (χ3n) is 4.14. The van der Waals surface area contributed by atoms with Crippen molar-refractivity contribution in [1.29, 1.82) is 0 Å². The summed E-state index contributed by atoms with van der Waals surface area (Å²) >= 11 is 0. The summed E-state index contributed by atoms with van der Waals surface area (Å²) in [5, 5.41) is 4.54. The summed E-state index contributed by atoms with van der Waals surface area (Å²) < 4.78 is 3.90. The topological polar surface area (TPSA) is 81.4 Å². The molecule has 7 heteroatoms. The molecule has 0 fully saturated rings. The predicted molar refractivity (Wildman–Crippen MR) is 98.2 cm³/mol. The third kappa shape index (κ3) is 3.06. The number of aromatic nitrogens is 6. The molecule has 0 atom stereocenters. The molecule has 0 aliphatic carbocycles. The second-order valence-corrected chi connectivity index (χ2v) is 6.17. The number of H-pyrrole nitrogens is 1. The number of benzene rings is 1. The monoisotopic (exact) mass is 346 g/mol. The number of aromatic amines is 1. The lowest BCUT2D eigenvalue weighted by Gasteiger charge is -2.10. The highest BCUT2D eigenvalue weighted by atomic mass is 16.1. The van der Waals surface area contributed by atoms with Crippen LogP contribution < -0.4 is 5.56 Å². The molecule has 4 rings (SSSR count). The molecule has 3 aromatic heterocycles. The molecular formula is C19H18N6O. The Hall–Kier alpha value is -3.48. The van der Waals surface area contributed by atoms with E-state index in [2.05, 4.69) is 26.1 Å². The highest BCUT2D eigenvalue weighted by molar-refractivity contribution is 5.59. The van der Waals surface area contributed by atoms with Crippen LogP contribution in [0.4, 0.5) is 0 Å². The van der Waals surface area contributed by atoms with E-state index in [1.165, 1.54) is 12.4 Å². The van der Waals surface area contributed by atoms with Gasteiger partial charge in [-0.1, -0.05) is 12.1 Å². The van der Waals surface area contributed by atoms with Gasteiger partial charge < -0.3 is 9.55 Å². The predicted octanol–water partition coefficient (Wildman–Crippen LogP) is 2.48. The lowest BCUT2D eigenvalue weighted by molar-refractivity contribution is 0.773. The highest BCUT2D eigenvalue weighted by Gasteiger charge is 2.10. The van der Waals surface area contributed by atoms with E-state index in [-0.39, 0.29) is 5.56 Å². The second kappa shape index (κ2) is 6.44. The first-order chi connectivity index (χ1) is 12.6. The van der Waals surface area contributed by atoms with Gasteiger partial charge in [-0.15, -0.1) is 0 Å². The third-order valence-corrected chi connectivity index (χ3v) is 4.14. The number of hydrogen-bond acceptors (Lipinski definition) is 4. The summed E-state index contributed by atoms with van der Waals surface area (Å²) in [6.45, 7) is 4.49. The van der Waals surface area contributed by atoms with Crippen molar-refractivity contribution in [2.45, 2.75) is 20.4 Å². The lowest BCUT2D eigenvalue weighted by Crippen LogP contribution is -2.10. The molecule has 0 saturated carbocycles. The molecule has 7 nitrogen and oxygen atoms in total. The van der Waals surface area contributed by atoms with Gasteiger partial charge in [0.15, 0.2) is 0 Å². The van der Waals surface area contributed by atoms with Gasteiger partial charge in [0, 0.05) is 29.7 Å². The van der Waals surface area contributed by atoms with Gasteiger partial charge in [-0.2, -0.15) is 5.10 Å².